The number of allylic oxidation sites excluding steroid dienone is 1. The molecule has 0 atom stereocenters. The van der Waals surface area contributed by atoms with Gasteiger partial charge >= 0.3 is 0 Å². The number of amides is 1. The standard InChI is InChI=1S/C22H23BrN4OS2/c1-3-12-27-20(4-2)25-26-22(27)30-15-21(28)24-18-10-5-6-11-19(18)29-14-16-8-7-9-17(23)13-16/h3,5-11,13H,1,4,12,14-15H2,2H3,(H,24,28). The normalized spacial score (nSPS) is 10.7. The lowest BCUT2D eigenvalue weighted by Crippen LogP contribution is -2.15. The van der Waals surface area contributed by atoms with Crippen molar-refractivity contribution in [2.75, 3.05) is 11.1 Å². The van der Waals surface area contributed by atoms with Gasteiger partial charge in [0.05, 0.1) is 11.4 Å². The fraction of sp³-hybridized carbons (Fsp3) is 0.227. The van der Waals surface area contributed by atoms with Crippen LogP contribution in [0.5, 0.6) is 0 Å². The Labute approximate surface area is 193 Å². The summed E-state index contributed by atoms with van der Waals surface area (Å²) in [7, 11) is 0. The first-order valence-electron chi connectivity index (χ1n) is 9.52. The number of anilines is 1. The Bertz CT molecular complexity index is 1020. The lowest BCUT2D eigenvalue weighted by atomic mass is 10.2. The number of aryl methyl sites for hydroxylation is 1. The van der Waals surface area contributed by atoms with E-state index in [1.54, 1.807) is 11.8 Å². The first-order valence-corrected chi connectivity index (χ1v) is 12.3. The van der Waals surface area contributed by atoms with Crippen molar-refractivity contribution < 1.29 is 4.79 Å². The summed E-state index contributed by atoms with van der Waals surface area (Å²) < 4.78 is 3.06. The predicted molar refractivity (Wildman–Crippen MR) is 129 cm³/mol. The number of carbonyl (C=O) groups is 1. The Kier molecular flexibility index (Phi) is 8.60. The van der Waals surface area contributed by atoms with Crippen LogP contribution in [0.3, 0.4) is 0 Å². The summed E-state index contributed by atoms with van der Waals surface area (Å²) in [6.45, 7) is 6.46. The van der Waals surface area contributed by atoms with E-state index in [1.807, 2.05) is 54.0 Å². The molecular formula is C22H23BrN4OS2. The quantitative estimate of drug-likeness (QED) is 0.280. The van der Waals surface area contributed by atoms with E-state index in [-0.39, 0.29) is 11.7 Å². The molecule has 30 heavy (non-hydrogen) atoms. The number of hydrogen-bond donors (Lipinski definition) is 1. The number of para-hydroxylation sites is 1. The van der Waals surface area contributed by atoms with E-state index < -0.39 is 0 Å². The summed E-state index contributed by atoms with van der Waals surface area (Å²) in [6, 6.07) is 16.1. The Morgan fingerprint density at radius 3 is 2.80 bits per heavy atom. The zero-order valence-corrected chi connectivity index (χ0v) is 19.9. The number of nitrogens with one attached hydrogen (secondary N) is 1. The molecule has 0 bridgehead atoms. The van der Waals surface area contributed by atoms with Gasteiger partial charge in [-0.05, 0) is 29.8 Å². The second-order valence-corrected chi connectivity index (χ2v) is 9.28. The van der Waals surface area contributed by atoms with Gasteiger partial charge < -0.3 is 9.88 Å². The van der Waals surface area contributed by atoms with Crippen molar-refractivity contribution in [2.45, 2.75) is 35.7 Å². The molecule has 1 amide bonds. The molecular weight excluding hydrogens is 480 g/mol. The fourth-order valence-electron chi connectivity index (χ4n) is 2.80. The van der Waals surface area contributed by atoms with Crippen molar-refractivity contribution >= 4 is 51.0 Å². The summed E-state index contributed by atoms with van der Waals surface area (Å²) in [4.78, 5) is 13.6. The topological polar surface area (TPSA) is 59.8 Å². The maximum absolute atomic E-state index is 12.6. The van der Waals surface area contributed by atoms with Crippen LogP contribution in [-0.4, -0.2) is 26.4 Å². The molecule has 0 unspecified atom stereocenters. The highest BCUT2D eigenvalue weighted by Crippen LogP contribution is 2.30. The van der Waals surface area contributed by atoms with Crippen molar-refractivity contribution in [2.24, 2.45) is 0 Å². The third kappa shape index (κ3) is 6.23. The number of rotatable bonds is 10. The zero-order valence-electron chi connectivity index (χ0n) is 16.7. The number of hydrogen-bond acceptors (Lipinski definition) is 5. The predicted octanol–water partition coefficient (Wildman–Crippen LogP) is 5.81. The lowest BCUT2D eigenvalue weighted by Gasteiger charge is -2.11. The molecule has 3 rings (SSSR count). The Hall–Kier alpha value is -2.03. The summed E-state index contributed by atoms with van der Waals surface area (Å²) in [5.41, 5.74) is 2.05. The van der Waals surface area contributed by atoms with E-state index in [0.717, 1.165) is 38.2 Å². The number of thioether (sulfide) groups is 2. The molecule has 1 N–H and O–H groups in total. The van der Waals surface area contributed by atoms with E-state index >= 15 is 0 Å². The highest BCUT2D eigenvalue weighted by Gasteiger charge is 2.13. The SMILES string of the molecule is C=CCn1c(CC)nnc1SCC(=O)Nc1ccccc1SCc1cccc(Br)c1. The second-order valence-electron chi connectivity index (χ2n) is 6.40. The average Bonchev–Trinajstić information content (AvgIpc) is 3.14. The minimum Gasteiger partial charge on any atom is -0.324 e. The first-order chi connectivity index (χ1) is 14.6. The van der Waals surface area contributed by atoms with E-state index in [9.17, 15) is 4.79 Å². The van der Waals surface area contributed by atoms with E-state index in [0.29, 0.717) is 6.54 Å². The molecule has 5 nitrogen and oxygen atoms in total. The number of nitrogens with zero attached hydrogens (tertiary/aromatic N) is 3. The molecule has 1 aromatic heterocycles. The van der Waals surface area contributed by atoms with E-state index in [2.05, 4.69) is 50.2 Å². The smallest absolute Gasteiger partial charge is 0.234 e. The molecule has 0 aliphatic carbocycles. The van der Waals surface area contributed by atoms with Crippen molar-refractivity contribution in [3.8, 4) is 0 Å². The average molecular weight is 503 g/mol. The van der Waals surface area contributed by atoms with Crippen LogP contribution in [0.25, 0.3) is 0 Å². The zero-order chi connectivity index (χ0) is 21.3. The molecule has 0 saturated carbocycles. The van der Waals surface area contributed by atoms with Gasteiger partial charge in [-0.25, -0.2) is 0 Å². The Morgan fingerprint density at radius 1 is 1.20 bits per heavy atom. The number of benzene rings is 2. The van der Waals surface area contributed by atoms with E-state index in [4.69, 9.17) is 0 Å². The molecule has 2 aromatic carbocycles. The monoisotopic (exact) mass is 502 g/mol. The maximum atomic E-state index is 12.6. The van der Waals surface area contributed by atoms with Crippen molar-refractivity contribution in [1.29, 1.82) is 0 Å². The molecule has 0 radical (unpaired) electrons. The van der Waals surface area contributed by atoms with Gasteiger partial charge in [-0.15, -0.1) is 28.5 Å². The number of carbonyl (C=O) groups excluding carboxylic acids is 1. The third-order valence-corrected chi connectivity index (χ3v) is 6.80. The summed E-state index contributed by atoms with van der Waals surface area (Å²) in [5.74, 6) is 1.92. The lowest BCUT2D eigenvalue weighted by molar-refractivity contribution is -0.113. The van der Waals surface area contributed by atoms with Gasteiger partial charge in [0.25, 0.3) is 0 Å². The van der Waals surface area contributed by atoms with Gasteiger partial charge in [0.15, 0.2) is 5.16 Å². The molecule has 0 aliphatic rings. The van der Waals surface area contributed by atoms with Gasteiger partial charge in [-0.1, -0.05) is 65.0 Å². The van der Waals surface area contributed by atoms with Crippen LogP contribution in [-0.2, 0) is 23.5 Å². The molecule has 3 aromatic rings. The van der Waals surface area contributed by atoms with Gasteiger partial charge in [-0.3, -0.25) is 4.79 Å². The number of halogens is 1. The molecule has 1 heterocycles. The summed E-state index contributed by atoms with van der Waals surface area (Å²) in [6.07, 6.45) is 2.60. The van der Waals surface area contributed by atoms with Crippen molar-refractivity contribution in [1.82, 2.24) is 14.8 Å². The van der Waals surface area contributed by atoms with Crippen LogP contribution in [0.2, 0.25) is 0 Å². The molecule has 8 heteroatoms. The minimum atomic E-state index is -0.0679. The maximum Gasteiger partial charge on any atom is 0.234 e. The van der Waals surface area contributed by atoms with Crippen LogP contribution in [0.1, 0.15) is 18.3 Å². The highest BCUT2D eigenvalue weighted by atomic mass is 79.9. The van der Waals surface area contributed by atoms with Crippen LogP contribution < -0.4 is 5.32 Å². The molecule has 0 saturated heterocycles. The molecule has 0 spiro atoms. The summed E-state index contributed by atoms with van der Waals surface area (Å²) >= 11 is 6.59. The third-order valence-electron chi connectivity index (χ3n) is 4.20. The van der Waals surface area contributed by atoms with Crippen molar-refractivity contribution in [3.05, 3.63) is 77.0 Å². The molecule has 0 fully saturated rings. The fourth-order valence-corrected chi connectivity index (χ4v) is 4.96. The molecule has 0 aliphatic heterocycles. The Morgan fingerprint density at radius 2 is 2.03 bits per heavy atom. The van der Waals surface area contributed by atoms with Crippen LogP contribution in [0.15, 0.2) is 75.7 Å². The van der Waals surface area contributed by atoms with Crippen LogP contribution in [0, 0.1) is 0 Å². The largest absolute Gasteiger partial charge is 0.324 e. The first kappa shape index (κ1) is 22.7. The number of aromatic nitrogens is 3. The second kappa shape index (κ2) is 11.4. The minimum absolute atomic E-state index is 0.0679. The molecule has 156 valence electrons. The summed E-state index contributed by atoms with van der Waals surface area (Å²) in [5, 5.41) is 12.2. The van der Waals surface area contributed by atoms with Gasteiger partial charge in [0.2, 0.25) is 5.91 Å². The van der Waals surface area contributed by atoms with Crippen molar-refractivity contribution in [3.63, 3.8) is 0 Å². The highest BCUT2D eigenvalue weighted by molar-refractivity contribution is 9.10. The van der Waals surface area contributed by atoms with Crippen LogP contribution >= 0.6 is 39.5 Å². The van der Waals surface area contributed by atoms with Gasteiger partial charge in [-0.2, -0.15) is 0 Å². The van der Waals surface area contributed by atoms with Crippen LogP contribution in [0.4, 0.5) is 5.69 Å². The van der Waals surface area contributed by atoms with E-state index in [1.165, 1.54) is 17.3 Å². The Balaban J connectivity index is 1.60. The van der Waals surface area contributed by atoms with Gasteiger partial charge in [0.1, 0.15) is 5.82 Å². The van der Waals surface area contributed by atoms with Gasteiger partial charge in [0, 0.05) is 28.1 Å².